The van der Waals surface area contributed by atoms with Gasteiger partial charge in [0.1, 0.15) is 11.2 Å². The number of nitrogens with one attached hydrogen (secondary N) is 1. The molecule has 44 heavy (non-hydrogen) atoms. The summed E-state index contributed by atoms with van der Waals surface area (Å²) in [7, 11) is -1.42. The second-order valence-electron chi connectivity index (χ2n) is 9.87. The van der Waals surface area contributed by atoms with Crippen LogP contribution in [-0.4, -0.2) is 32.1 Å². The molecule has 4 aromatic carbocycles. The first-order valence-electron chi connectivity index (χ1n) is 13.5. The maximum absolute atomic E-state index is 9.14. The fourth-order valence-corrected chi connectivity index (χ4v) is 6.29. The summed E-state index contributed by atoms with van der Waals surface area (Å²) in [6, 6.07) is 31.7. The standard InChI is InChI=1S/C17H10BrNO.C12H10BNO2.C5H3Br2N/c18-13-7-12(9-19-10-13)11-5-6-17-15(8-11)14-3-1-2-4-16(14)20-17;15-13(16)8-5-6-12-10(7-8)9-3-1-2-4-11(9)14-12;6-4-1-5(7)3-8-2-4/h1-10H;1-7,14-16H;1-3H. The van der Waals surface area contributed by atoms with Crippen molar-refractivity contribution >= 4 is 104 Å². The lowest BCUT2D eigenvalue weighted by Crippen LogP contribution is -2.29. The summed E-state index contributed by atoms with van der Waals surface area (Å²) in [5, 5.41) is 22.7. The number of aromatic amines is 1. The number of halogens is 3. The van der Waals surface area contributed by atoms with Crippen LogP contribution in [-0.2, 0) is 0 Å². The molecule has 0 amide bonds. The van der Waals surface area contributed by atoms with Crippen molar-refractivity contribution in [2.75, 3.05) is 0 Å². The Labute approximate surface area is 278 Å². The Kier molecular flexibility index (Phi) is 9.25. The van der Waals surface area contributed by atoms with E-state index in [2.05, 4.69) is 87.0 Å². The first kappa shape index (κ1) is 30.2. The van der Waals surface area contributed by atoms with Crippen molar-refractivity contribution < 1.29 is 14.5 Å². The van der Waals surface area contributed by atoms with Crippen molar-refractivity contribution in [3.8, 4) is 11.1 Å². The first-order chi connectivity index (χ1) is 21.4. The van der Waals surface area contributed by atoms with E-state index in [-0.39, 0.29) is 0 Å². The zero-order valence-electron chi connectivity index (χ0n) is 23.0. The Morgan fingerprint density at radius 2 is 1.18 bits per heavy atom. The molecule has 4 aromatic heterocycles. The van der Waals surface area contributed by atoms with E-state index >= 15 is 0 Å². The molecule has 4 heterocycles. The number of H-pyrrole nitrogens is 1. The molecule has 0 unspecified atom stereocenters. The first-order valence-corrected chi connectivity index (χ1v) is 15.9. The molecule has 10 heteroatoms. The van der Waals surface area contributed by atoms with Crippen molar-refractivity contribution in [1.82, 2.24) is 15.0 Å². The third-order valence-electron chi connectivity index (χ3n) is 6.91. The van der Waals surface area contributed by atoms with E-state index in [1.807, 2.05) is 66.9 Å². The molecule has 0 bridgehead atoms. The molecule has 0 spiro atoms. The molecule has 0 atom stereocenters. The van der Waals surface area contributed by atoms with Crippen molar-refractivity contribution in [1.29, 1.82) is 0 Å². The summed E-state index contributed by atoms with van der Waals surface area (Å²) in [5.74, 6) is 0. The smallest absolute Gasteiger partial charge is 0.456 e. The van der Waals surface area contributed by atoms with Crippen LogP contribution >= 0.6 is 47.8 Å². The van der Waals surface area contributed by atoms with Crippen LogP contribution in [0.4, 0.5) is 0 Å². The van der Waals surface area contributed by atoms with Crippen LogP contribution in [0.25, 0.3) is 54.9 Å². The van der Waals surface area contributed by atoms with Crippen LogP contribution in [0, 0.1) is 0 Å². The van der Waals surface area contributed by atoms with Crippen LogP contribution in [0.2, 0.25) is 0 Å². The number of hydrogen-bond donors (Lipinski definition) is 3. The Hall–Kier alpha value is -3.80. The summed E-state index contributed by atoms with van der Waals surface area (Å²) < 4.78 is 8.81. The SMILES string of the molecule is Brc1cncc(-c2ccc3oc4ccccc4c3c2)c1.Brc1cncc(Br)c1.OB(O)c1ccc2[nH]c3ccccc3c2c1. The van der Waals surface area contributed by atoms with Gasteiger partial charge in [0.15, 0.2) is 0 Å². The second-order valence-corrected chi connectivity index (χ2v) is 12.6. The van der Waals surface area contributed by atoms with E-state index in [9.17, 15) is 0 Å². The molecule has 0 aliphatic rings. The van der Waals surface area contributed by atoms with Crippen LogP contribution in [0.15, 0.2) is 140 Å². The fourth-order valence-electron chi connectivity index (χ4n) is 4.89. The average Bonchev–Trinajstić information content (AvgIpc) is 3.59. The molecule has 0 saturated carbocycles. The van der Waals surface area contributed by atoms with Crippen LogP contribution in [0.5, 0.6) is 0 Å². The lowest BCUT2D eigenvalue weighted by atomic mass is 9.80. The minimum absolute atomic E-state index is 0.511. The highest BCUT2D eigenvalue weighted by Gasteiger charge is 2.13. The topological polar surface area (TPSA) is 95.2 Å². The van der Waals surface area contributed by atoms with Gasteiger partial charge in [0.05, 0.1) is 0 Å². The Balaban J connectivity index is 0.000000128. The van der Waals surface area contributed by atoms with E-state index in [4.69, 9.17) is 14.5 Å². The van der Waals surface area contributed by atoms with Gasteiger partial charge < -0.3 is 19.4 Å². The number of fused-ring (bicyclic) bond motifs is 6. The van der Waals surface area contributed by atoms with Gasteiger partial charge in [-0.15, -0.1) is 0 Å². The van der Waals surface area contributed by atoms with E-state index in [1.165, 1.54) is 0 Å². The quantitative estimate of drug-likeness (QED) is 0.153. The summed E-state index contributed by atoms with van der Waals surface area (Å²) in [5.41, 5.74) is 6.64. The zero-order chi connectivity index (χ0) is 30.6. The maximum atomic E-state index is 9.14. The predicted molar refractivity (Wildman–Crippen MR) is 190 cm³/mol. The molecule has 0 fully saturated rings. The molecular formula is C34H23BBr3N3O3. The molecule has 8 aromatic rings. The predicted octanol–water partition coefficient (Wildman–Crippen LogP) is 9.02. The van der Waals surface area contributed by atoms with Crippen LogP contribution < -0.4 is 5.46 Å². The van der Waals surface area contributed by atoms with Gasteiger partial charge in [0, 0.05) is 76.3 Å². The molecule has 0 aliphatic carbocycles. The summed E-state index contributed by atoms with van der Waals surface area (Å²) in [6.45, 7) is 0. The number of rotatable bonds is 2. The van der Waals surface area contributed by atoms with E-state index in [1.54, 1.807) is 30.7 Å². The highest BCUT2D eigenvalue weighted by atomic mass is 79.9. The third kappa shape index (κ3) is 6.80. The minimum atomic E-state index is -1.42. The lowest BCUT2D eigenvalue weighted by molar-refractivity contribution is 0.426. The highest BCUT2D eigenvalue weighted by Crippen LogP contribution is 2.32. The monoisotopic (exact) mass is 769 g/mol. The van der Waals surface area contributed by atoms with Gasteiger partial charge in [-0.3, -0.25) is 9.97 Å². The fraction of sp³-hybridized carbons (Fsp3) is 0. The van der Waals surface area contributed by atoms with E-state index < -0.39 is 7.12 Å². The van der Waals surface area contributed by atoms with E-state index in [0.29, 0.717) is 5.46 Å². The molecule has 0 aliphatic heterocycles. The maximum Gasteiger partial charge on any atom is 0.488 e. The van der Waals surface area contributed by atoms with Gasteiger partial charge in [-0.2, -0.15) is 0 Å². The van der Waals surface area contributed by atoms with Crippen molar-refractivity contribution in [3.63, 3.8) is 0 Å². The number of furan rings is 1. The van der Waals surface area contributed by atoms with E-state index in [0.717, 1.165) is 68.3 Å². The van der Waals surface area contributed by atoms with Gasteiger partial charge in [0.25, 0.3) is 0 Å². The number of aromatic nitrogens is 3. The number of pyridine rings is 2. The molecule has 0 radical (unpaired) electrons. The normalized spacial score (nSPS) is 10.8. The van der Waals surface area contributed by atoms with Crippen LogP contribution in [0.3, 0.4) is 0 Å². The Bertz CT molecular complexity index is 2220. The largest absolute Gasteiger partial charge is 0.488 e. The molecule has 0 saturated heterocycles. The molecule has 3 N–H and O–H groups in total. The van der Waals surface area contributed by atoms with Crippen LogP contribution in [0.1, 0.15) is 0 Å². The van der Waals surface area contributed by atoms with Crippen molar-refractivity contribution in [2.24, 2.45) is 0 Å². The number of hydrogen-bond acceptors (Lipinski definition) is 5. The number of benzene rings is 4. The average molecular weight is 772 g/mol. The third-order valence-corrected chi connectivity index (χ3v) is 8.22. The Morgan fingerprint density at radius 1 is 0.545 bits per heavy atom. The number of para-hydroxylation sites is 2. The molecule has 8 rings (SSSR count). The van der Waals surface area contributed by atoms with Gasteiger partial charge in [-0.1, -0.05) is 54.6 Å². The lowest BCUT2D eigenvalue weighted by Gasteiger charge is -2.01. The zero-order valence-corrected chi connectivity index (χ0v) is 27.7. The summed E-state index contributed by atoms with van der Waals surface area (Å²) in [6.07, 6.45) is 7.14. The van der Waals surface area contributed by atoms with Gasteiger partial charge >= 0.3 is 7.12 Å². The summed E-state index contributed by atoms with van der Waals surface area (Å²) in [4.78, 5) is 11.4. The molecular weight excluding hydrogens is 749 g/mol. The van der Waals surface area contributed by atoms with Gasteiger partial charge in [0.2, 0.25) is 0 Å². The molecule has 216 valence electrons. The van der Waals surface area contributed by atoms with Gasteiger partial charge in [-0.25, -0.2) is 0 Å². The Morgan fingerprint density at radius 3 is 1.89 bits per heavy atom. The van der Waals surface area contributed by atoms with Crippen molar-refractivity contribution in [3.05, 3.63) is 135 Å². The molecule has 6 nitrogen and oxygen atoms in total. The van der Waals surface area contributed by atoms with Crippen molar-refractivity contribution in [2.45, 2.75) is 0 Å². The summed E-state index contributed by atoms with van der Waals surface area (Å²) >= 11 is 10.00. The highest BCUT2D eigenvalue weighted by molar-refractivity contribution is 9.11. The number of nitrogens with zero attached hydrogens (tertiary/aromatic N) is 2. The second kappa shape index (κ2) is 13.5. The minimum Gasteiger partial charge on any atom is -0.456 e. The van der Waals surface area contributed by atoms with Gasteiger partial charge in [-0.05, 0) is 101 Å².